The number of hydrogen-bond donors (Lipinski definition) is 4. The summed E-state index contributed by atoms with van der Waals surface area (Å²) in [5, 5.41) is 6.25. The van der Waals surface area contributed by atoms with Crippen molar-refractivity contribution < 1.29 is 8.81 Å². The zero-order valence-corrected chi connectivity index (χ0v) is 19.1. The van der Waals surface area contributed by atoms with Crippen molar-refractivity contribution in [3.63, 3.8) is 0 Å². The van der Waals surface area contributed by atoms with Crippen LogP contribution in [0.2, 0.25) is 0 Å². The minimum atomic E-state index is -1.10. The van der Waals surface area contributed by atoms with E-state index >= 15 is 0 Å². The summed E-state index contributed by atoms with van der Waals surface area (Å²) in [5.41, 5.74) is 8.51. The second kappa shape index (κ2) is 8.58. The summed E-state index contributed by atoms with van der Waals surface area (Å²) in [4.78, 5) is 27.2. The summed E-state index contributed by atoms with van der Waals surface area (Å²) in [7, 11) is 0. The number of oxazole rings is 1. The maximum absolute atomic E-state index is 14.9. The summed E-state index contributed by atoms with van der Waals surface area (Å²) in [6, 6.07) is 6.62. The Labute approximate surface area is 195 Å². The van der Waals surface area contributed by atoms with Crippen LogP contribution in [0.1, 0.15) is 19.4 Å². The molecule has 3 aromatic rings. The van der Waals surface area contributed by atoms with Gasteiger partial charge in [-0.25, -0.2) is 19.2 Å². The van der Waals surface area contributed by atoms with E-state index in [4.69, 9.17) is 10.2 Å². The number of aliphatic imine (C=N–C) groups is 1. The lowest BCUT2D eigenvalue weighted by Crippen LogP contribution is -2.57. The second-order valence-electron chi connectivity index (χ2n) is 8.52. The third kappa shape index (κ3) is 4.03. The number of H-pyrrole nitrogens is 1. The minimum absolute atomic E-state index is 0.347. The summed E-state index contributed by atoms with van der Waals surface area (Å²) in [6.45, 7) is 8.23. The molecule has 0 spiro atoms. The summed E-state index contributed by atoms with van der Waals surface area (Å²) in [6.07, 6.45) is 3.23. The van der Waals surface area contributed by atoms with Crippen LogP contribution in [0.15, 0.2) is 56.4 Å². The summed E-state index contributed by atoms with van der Waals surface area (Å²) in [5.74, 6) is -0.228. The second-order valence-corrected chi connectivity index (χ2v) is 8.52. The van der Waals surface area contributed by atoms with Crippen LogP contribution >= 0.6 is 0 Å². The fraction of sp³-hybridized carbons (Fsp3) is 0.348. The van der Waals surface area contributed by atoms with Crippen LogP contribution in [0, 0.1) is 5.82 Å². The normalized spacial score (nSPS) is 21.2. The first-order valence-corrected chi connectivity index (χ1v) is 11.2. The molecule has 0 saturated carbocycles. The smallest absolute Gasteiger partial charge is 0.408 e. The molecule has 5 N–H and O–H groups in total. The molecule has 10 nitrogen and oxygen atoms in total. The van der Waals surface area contributed by atoms with Crippen molar-refractivity contribution >= 4 is 28.6 Å². The third-order valence-electron chi connectivity index (χ3n) is 6.40. The molecule has 4 heterocycles. The lowest BCUT2D eigenvalue weighted by molar-refractivity contribution is 0.269. The van der Waals surface area contributed by atoms with Crippen molar-refractivity contribution in [2.24, 2.45) is 10.7 Å². The Morgan fingerprint density at radius 1 is 1.26 bits per heavy atom. The van der Waals surface area contributed by atoms with E-state index in [2.05, 4.69) is 37.4 Å². The molecule has 2 aliphatic rings. The SMILES string of the molecule is CCN1CCN(c2ncc(NC3=NC=C(C)C(N)(c4ccc5oc(=O)[nH]c5c4)N3)cc2F)CC1. The highest BCUT2D eigenvalue weighted by atomic mass is 19.1. The molecule has 2 aromatic heterocycles. The van der Waals surface area contributed by atoms with Crippen LogP contribution in [-0.2, 0) is 5.66 Å². The van der Waals surface area contributed by atoms with Crippen LogP contribution < -0.4 is 27.0 Å². The van der Waals surface area contributed by atoms with E-state index in [1.54, 1.807) is 30.6 Å². The molecule has 2 aliphatic heterocycles. The van der Waals surface area contributed by atoms with Gasteiger partial charge in [0, 0.05) is 38.4 Å². The molecular formula is C23H27FN8O2. The number of nitrogens with zero attached hydrogens (tertiary/aromatic N) is 4. The lowest BCUT2D eigenvalue weighted by atomic mass is 9.92. The van der Waals surface area contributed by atoms with Gasteiger partial charge in [-0.3, -0.25) is 4.98 Å². The fourth-order valence-electron chi connectivity index (χ4n) is 4.29. The van der Waals surface area contributed by atoms with Gasteiger partial charge in [0.1, 0.15) is 5.66 Å². The molecule has 34 heavy (non-hydrogen) atoms. The summed E-state index contributed by atoms with van der Waals surface area (Å²) >= 11 is 0. The summed E-state index contributed by atoms with van der Waals surface area (Å²) < 4.78 is 20.0. The van der Waals surface area contributed by atoms with Crippen molar-refractivity contribution in [1.29, 1.82) is 0 Å². The highest BCUT2D eigenvalue weighted by molar-refractivity contribution is 5.95. The van der Waals surface area contributed by atoms with Crippen molar-refractivity contribution in [2.45, 2.75) is 19.5 Å². The van der Waals surface area contributed by atoms with Gasteiger partial charge in [-0.1, -0.05) is 13.0 Å². The number of pyridine rings is 1. The lowest BCUT2D eigenvalue weighted by Gasteiger charge is -2.36. The number of nitrogens with two attached hydrogens (primary N) is 1. The van der Waals surface area contributed by atoms with E-state index in [9.17, 15) is 9.18 Å². The first-order chi connectivity index (χ1) is 16.4. The highest BCUT2D eigenvalue weighted by Gasteiger charge is 2.33. The number of aromatic nitrogens is 2. The van der Waals surface area contributed by atoms with Gasteiger partial charge in [0.15, 0.2) is 17.2 Å². The highest BCUT2D eigenvalue weighted by Crippen LogP contribution is 2.29. The maximum atomic E-state index is 14.9. The van der Waals surface area contributed by atoms with E-state index < -0.39 is 17.2 Å². The number of nitrogens with one attached hydrogen (secondary N) is 3. The number of aromatic amines is 1. The predicted octanol–water partition coefficient (Wildman–Crippen LogP) is 1.88. The van der Waals surface area contributed by atoms with Crippen molar-refractivity contribution in [2.75, 3.05) is 42.9 Å². The number of fused-ring (bicyclic) bond motifs is 1. The first-order valence-electron chi connectivity index (χ1n) is 11.2. The molecule has 1 unspecified atom stereocenters. The molecular weight excluding hydrogens is 439 g/mol. The molecule has 0 aliphatic carbocycles. The molecule has 178 valence electrons. The molecule has 0 radical (unpaired) electrons. The molecule has 5 rings (SSSR count). The molecule has 1 fully saturated rings. The molecule has 1 aromatic carbocycles. The van der Waals surface area contributed by atoms with E-state index in [1.165, 1.54) is 6.07 Å². The Balaban J connectivity index is 1.33. The van der Waals surface area contributed by atoms with Crippen molar-refractivity contribution in [1.82, 2.24) is 20.2 Å². The maximum Gasteiger partial charge on any atom is 0.417 e. The molecule has 1 atom stereocenters. The largest absolute Gasteiger partial charge is 0.417 e. The third-order valence-corrected chi connectivity index (χ3v) is 6.40. The van der Waals surface area contributed by atoms with E-state index in [1.807, 2.05) is 11.8 Å². The number of rotatable bonds is 4. The Morgan fingerprint density at radius 3 is 2.79 bits per heavy atom. The number of likely N-dealkylation sites (N-methyl/N-ethyl adjacent to an activating group) is 1. The number of halogens is 1. The van der Waals surface area contributed by atoms with Gasteiger partial charge in [-0.2, -0.15) is 0 Å². The quantitative estimate of drug-likeness (QED) is 0.459. The Hall–Kier alpha value is -3.70. The number of piperazine rings is 1. The number of hydrogen-bond acceptors (Lipinski definition) is 9. The van der Waals surface area contributed by atoms with Crippen LogP contribution in [0.4, 0.5) is 15.9 Å². The van der Waals surface area contributed by atoms with Crippen molar-refractivity contribution in [3.05, 3.63) is 64.2 Å². The van der Waals surface area contributed by atoms with Gasteiger partial charge in [0.25, 0.3) is 0 Å². The van der Waals surface area contributed by atoms with Gasteiger partial charge in [-0.05, 0) is 36.7 Å². The van der Waals surface area contributed by atoms with E-state index in [0.717, 1.165) is 38.3 Å². The van der Waals surface area contributed by atoms with Crippen molar-refractivity contribution in [3.8, 4) is 0 Å². The average Bonchev–Trinajstić information content (AvgIpc) is 3.21. The fourth-order valence-corrected chi connectivity index (χ4v) is 4.29. The molecule has 11 heteroatoms. The Bertz CT molecular complexity index is 1340. The predicted molar refractivity (Wildman–Crippen MR) is 129 cm³/mol. The van der Waals surface area contributed by atoms with Gasteiger partial charge in [-0.15, -0.1) is 0 Å². The number of guanidine groups is 1. The van der Waals surface area contributed by atoms with Gasteiger partial charge >= 0.3 is 5.76 Å². The molecule has 1 saturated heterocycles. The number of anilines is 2. The molecule has 0 bridgehead atoms. The van der Waals surface area contributed by atoms with E-state index in [-0.39, 0.29) is 0 Å². The van der Waals surface area contributed by atoms with Gasteiger partial charge < -0.3 is 30.6 Å². The van der Waals surface area contributed by atoms with E-state index in [0.29, 0.717) is 34.1 Å². The Kier molecular flexibility index (Phi) is 5.58. The Morgan fingerprint density at radius 2 is 2.06 bits per heavy atom. The molecule has 0 amide bonds. The van der Waals surface area contributed by atoms with Crippen LogP contribution in [-0.4, -0.2) is 53.6 Å². The zero-order chi connectivity index (χ0) is 23.9. The van der Waals surface area contributed by atoms with Crippen LogP contribution in [0.25, 0.3) is 11.1 Å². The van der Waals surface area contributed by atoms with Gasteiger partial charge in [0.05, 0.1) is 17.4 Å². The topological polar surface area (TPSA) is 128 Å². The van der Waals surface area contributed by atoms with Crippen LogP contribution in [0.5, 0.6) is 0 Å². The average molecular weight is 467 g/mol. The monoisotopic (exact) mass is 466 g/mol. The first kappa shape index (κ1) is 22.1. The zero-order valence-electron chi connectivity index (χ0n) is 19.1. The standard InChI is InChI=1S/C23H27FN8O2/c1-3-31-6-8-32(9-7-31)20-17(24)11-16(13-26-20)28-21-27-12-14(2)23(25,30-21)15-4-5-19-18(10-15)29-22(33)34-19/h4-5,10-13H,3,6-9,25H2,1-2H3,(H,29,33)(H2,27,28,30). The number of benzene rings is 1. The van der Waals surface area contributed by atoms with Crippen LogP contribution in [0.3, 0.4) is 0 Å². The minimum Gasteiger partial charge on any atom is -0.408 e. The van der Waals surface area contributed by atoms with Gasteiger partial charge in [0.2, 0.25) is 5.96 Å².